The summed E-state index contributed by atoms with van der Waals surface area (Å²) in [6, 6.07) is 0.137. The third-order valence-corrected chi connectivity index (χ3v) is 4.78. The summed E-state index contributed by atoms with van der Waals surface area (Å²) in [7, 11) is 1.87. The van der Waals surface area contributed by atoms with Gasteiger partial charge in [-0.15, -0.1) is 0 Å². The van der Waals surface area contributed by atoms with Crippen molar-refractivity contribution in [3.63, 3.8) is 0 Å². The molecular weight excluding hydrogens is 268 g/mol. The van der Waals surface area contributed by atoms with Crippen LogP contribution < -0.4 is 5.73 Å². The van der Waals surface area contributed by atoms with Gasteiger partial charge in [-0.1, -0.05) is 59.7 Å². The lowest BCUT2D eigenvalue weighted by Crippen LogP contribution is -2.54. The molecule has 0 aromatic heterocycles. The van der Waals surface area contributed by atoms with E-state index >= 15 is 0 Å². The van der Waals surface area contributed by atoms with E-state index in [0.717, 1.165) is 25.7 Å². The highest BCUT2D eigenvalue weighted by Crippen LogP contribution is 2.35. The second kappa shape index (κ2) is 7.39. The van der Waals surface area contributed by atoms with Crippen LogP contribution in [-0.2, 0) is 4.79 Å². The summed E-state index contributed by atoms with van der Waals surface area (Å²) in [5.41, 5.74) is 5.33. The van der Waals surface area contributed by atoms with Crippen molar-refractivity contribution in [2.24, 2.45) is 16.6 Å². The lowest BCUT2D eigenvalue weighted by molar-refractivity contribution is -0.141. The Labute approximate surface area is 130 Å². The minimum atomic E-state index is -0.674. The summed E-state index contributed by atoms with van der Waals surface area (Å²) in [5.74, 6) is 0.0797. The van der Waals surface area contributed by atoms with E-state index in [1.807, 2.05) is 11.9 Å². The standard InChI is InChI=1S/C16H32N2OS/c1-8-10-16(11-9-2,13(17)20)14(19)18(7)12(3)15(4,5)6/h12H,8-11H2,1-7H3,(H2,17,20). The molecule has 0 rings (SSSR count). The largest absolute Gasteiger partial charge is 0.392 e. The van der Waals surface area contributed by atoms with Gasteiger partial charge >= 0.3 is 0 Å². The molecule has 20 heavy (non-hydrogen) atoms. The van der Waals surface area contributed by atoms with E-state index < -0.39 is 5.41 Å². The molecule has 0 radical (unpaired) electrons. The van der Waals surface area contributed by atoms with Crippen LogP contribution in [0, 0.1) is 10.8 Å². The summed E-state index contributed by atoms with van der Waals surface area (Å²) in [5, 5.41) is 0. The van der Waals surface area contributed by atoms with Crippen LogP contribution in [0.1, 0.15) is 67.2 Å². The lowest BCUT2D eigenvalue weighted by Gasteiger charge is -2.41. The third-order valence-electron chi connectivity index (χ3n) is 4.39. The summed E-state index contributed by atoms with van der Waals surface area (Å²) >= 11 is 5.27. The van der Waals surface area contributed by atoms with Gasteiger partial charge in [0.1, 0.15) is 0 Å². The number of nitrogens with two attached hydrogens (primary N) is 1. The minimum absolute atomic E-state index is 0.0325. The zero-order valence-corrected chi connectivity index (χ0v) is 15.1. The second-order valence-corrected chi connectivity index (χ2v) is 7.34. The normalized spacial score (nSPS) is 13.9. The molecule has 0 aliphatic rings. The fraction of sp³-hybridized carbons (Fsp3) is 0.875. The smallest absolute Gasteiger partial charge is 0.235 e. The first-order chi connectivity index (χ1) is 9.04. The number of nitrogens with zero attached hydrogens (tertiary/aromatic N) is 1. The third kappa shape index (κ3) is 4.18. The number of carbonyl (C=O) groups excluding carboxylic acids is 1. The van der Waals surface area contributed by atoms with Crippen molar-refractivity contribution in [3.05, 3.63) is 0 Å². The maximum atomic E-state index is 13.0. The van der Waals surface area contributed by atoms with Crippen molar-refractivity contribution in [3.8, 4) is 0 Å². The molecule has 0 aliphatic carbocycles. The summed E-state index contributed by atoms with van der Waals surface area (Å²) < 4.78 is 0. The van der Waals surface area contributed by atoms with Crippen molar-refractivity contribution in [2.45, 2.75) is 73.3 Å². The van der Waals surface area contributed by atoms with Gasteiger partial charge in [-0.2, -0.15) is 0 Å². The Hall–Kier alpha value is -0.640. The van der Waals surface area contributed by atoms with Gasteiger partial charge in [0, 0.05) is 13.1 Å². The van der Waals surface area contributed by atoms with E-state index in [2.05, 4.69) is 41.5 Å². The fourth-order valence-corrected chi connectivity index (χ4v) is 2.93. The zero-order chi connectivity index (χ0) is 16.1. The first-order valence-electron chi connectivity index (χ1n) is 7.61. The van der Waals surface area contributed by atoms with Crippen molar-refractivity contribution < 1.29 is 4.79 Å². The van der Waals surface area contributed by atoms with E-state index in [-0.39, 0.29) is 17.4 Å². The Kier molecular flexibility index (Phi) is 7.16. The lowest BCUT2D eigenvalue weighted by atomic mass is 9.76. The number of thiocarbonyl (C=S) groups is 1. The molecule has 4 heteroatoms. The molecule has 3 nitrogen and oxygen atoms in total. The van der Waals surface area contributed by atoms with Gasteiger partial charge in [0.05, 0.1) is 10.4 Å². The second-order valence-electron chi connectivity index (χ2n) is 6.90. The molecule has 0 aromatic carbocycles. The van der Waals surface area contributed by atoms with Crippen LogP contribution in [0.2, 0.25) is 0 Å². The van der Waals surface area contributed by atoms with Crippen molar-refractivity contribution in [1.82, 2.24) is 4.90 Å². The highest BCUT2D eigenvalue weighted by Gasteiger charge is 2.43. The highest BCUT2D eigenvalue weighted by atomic mass is 32.1. The van der Waals surface area contributed by atoms with Crippen LogP contribution in [0.25, 0.3) is 0 Å². The molecule has 118 valence electrons. The SMILES string of the molecule is CCCC(CCC)(C(=O)N(C)C(C)C(C)(C)C)C(N)=S. The first-order valence-corrected chi connectivity index (χ1v) is 8.02. The molecule has 0 saturated carbocycles. The summed E-state index contributed by atoms with van der Waals surface area (Å²) in [6.07, 6.45) is 3.27. The minimum Gasteiger partial charge on any atom is -0.392 e. The number of hydrogen-bond donors (Lipinski definition) is 1. The Bertz CT molecular complexity index is 341. The van der Waals surface area contributed by atoms with Gasteiger partial charge in [-0.3, -0.25) is 4.79 Å². The van der Waals surface area contributed by atoms with Crippen LogP contribution >= 0.6 is 12.2 Å². The van der Waals surface area contributed by atoms with Gasteiger partial charge in [0.2, 0.25) is 5.91 Å². The Morgan fingerprint density at radius 1 is 1.20 bits per heavy atom. The molecular formula is C16H32N2OS. The highest BCUT2D eigenvalue weighted by molar-refractivity contribution is 7.80. The molecule has 1 unspecified atom stereocenters. The maximum Gasteiger partial charge on any atom is 0.235 e. The maximum absolute atomic E-state index is 13.0. The quantitative estimate of drug-likeness (QED) is 0.728. The molecule has 1 atom stereocenters. The van der Waals surface area contributed by atoms with Crippen molar-refractivity contribution >= 4 is 23.1 Å². The predicted octanol–water partition coefficient (Wildman–Crippen LogP) is 3.75. The van der Waals surface area contributed by atoms with E-state index in [1.54, 1.807) is 0 Å². The van der Waals surface area contributed by atoms with E-state index in [1.165, 1.54) is 0 Å². The molecule has 0 saturated heterocycles. The van der Waals surface area contributed by atoms with Crippen molar-refractivity contribution in [1.29, 1.82) is 0 Å². The molecule has 0 spiro atoms. The first kappa shape index (κ1) is 19.4. The Morgan fingerprint density at radius 2 is 1.60 bits per heavy atom. The number of carbonyl (C=O) groups is 1. The average Bonchev–Trinajstić information content (AvgIpc) is 2.34. The number of amides is 1. The number of hydrogen-bond acceptors (Lipinski definition) is 2. The average molecular weight is 301 g/mol. The molecule has 1 amide bonds. The van der Waals surface area contributed by atoms with E-state index in [0.29, 0.717) is 4.99 Å². The zero-order valence-electron chi connectivity index (χ0n) is 14.2. The van der Waals surface area contributed by atoms with Gasteiger partial charge in [0.25, 0.3) is 0 Å². The molecule has 0 fully saturated rings. The Balaban J connectivity index is 5.48. The van der Waals surface area contributed by atoms with Gasteiger partial charge in [-0.25, -0.2) is 0 Å². The van der Waals surface area contributed by atoms with Crippen LogP contribution in [0.5, 0.6) is 0 Å². The van der Waals surface area contributed by atoms with Crippen LogP contribution in [0.15, 0.2) is 0 Å². The van der Waals surface area contributed by atoms with Crippen LogP contribution in [0.4, 0.5) is 0 Å². The van der Waals surface area contributed by atoms with E-state index in [9.17, 15) is 4.79 Å². The molecule has 0 bridgehead atoms. The molecule has 2 N–H and O–H groups in total. The molecule has 0 aliphatic heterocycles. The number of rotatable bonds is 7. The van der Waals surface area contributed by atoms with Crippen LogP contribution in [0.3, 0.4) is 0 Å². The fourth-order valence-electron chi connectivity index (χ4n) is 2.64. The van der Waals surface area contributed by atoms with Gasteiger partial charge < -0.3 is 10.6 Å². The molecule has 0 heterocycles. The van der Waals surface area contributed by atoms with Gasteiger partial charge in [-0.05, 0) is 25.2 Å². The topological polar surface area (TPSA) is 46.3 Å². The molecule has 0 aromatic rings. The van der Waals surface area contributed by atoms with Crippen LogP contribution in [-0.4, -0.2) is 28.9 Å². The Morgan fingerprint density at radius 3 is 1.85 bits per heavy atom. The monoisotopic (exact) mass is 300 g/mol. The summed E-state index contributed by atoms with van der Waals surface area (Å²) in [4.78, 5) is 15.2. The van der Waals surface area contributed by atoms with E-state index in [4.69, 9.17) is 18.0 Å². The van der Waals surface area contributed by atoms with Gasteiger partial charge in [0.15, 0.2) is 0 Å². The predicted molar refractivity (Wildman–Crippen MR) is 90.7 cm³/mol. The van der Waals surface area contributed by atoms with Crippen molar-refractivity contribution in [2.75, 3.05) is 7.05 Å². The summed E-state index contributed by atoms with van der Waals surface area (Å²) in [6.45, 7) is 12.7.